The van der Waals surface area contributed by atoms with Crippen molar-refractivity contribution in [3.63, 3.8) is 0 Å². The summed E-state index contributed by atoms with van der Waals surface area (Å²) < 4.78 is 49.3. The molecule has 1 atom stereocenters. The number of ether oxygens (including phenoxy) is 2. The molecule has 2 nitrogen and oxygen atoms in total. The highest BCUT2D eigenvalue weighted by molar-refractivity contribution is 5.69. The summed E-state index contributed by atoms with van der Waals surface area (Å²) in [5, 5.41) is 0. The molecule has 5 heteroatoms. The van der Waals surface area contributed by atoms with Crippen LogP contribution in [-0.4, -0.2) is 27.4 Å². The molecule has 2 rings (SSSR count). The van der Waals surface area contributed by atoms with E-state index in [4.69, 9.17) is 9.47 Å². The summed E-state index contributed by atoms with van der Waals surface area (Å²) in [5.74, 6) is -0.391. The normalized spacial score (nSPS) is 18.4. The number of halogens is 3. The first-order valence-corrected chi connectivity index (χ1v) is 5.87. The van der Waals surface area contributed by atoms with Crippen molar-refractivity contribution in [2.75, 3.05) is 27.4 Å². The molecule has 0 aliphatic heterocycles. The van der Waals surface area contributed by atoms with E-state index in [0.717, 1.165) is 11.6 Å². The molecule has 0 spiro atoms. The third-order valence-corrected chi connectivity index (χ3v) is 3.23. The standard InChI is InChI=1S/C14H15F3O2/c1-18-7-10-6-9-4-3-5-12(14(15,16)17)13(9)11(10)8-19-2/h3-6,11H,7-8H2,1-2H3. The van der Waals surface area contributed by atoms with Gasteiger partial charge in [0.05, 0.1) is 18.8 Å². The second kappa shape index (κ2) is 5.35. The van der Waals surface area contributed by atoms with E-state index in [0.29, 0.717) is 17.7 Å². The molecular formula is C14H15F3O2. The molecule has 19 heavy (non-hydrogen) atoms. The number of hydrogen-bond donors (Lipinski definition) is 0. The van der Waals surface area contributed by atoms with Gasteiger partial charge < -0.3 is 9.47 Å². The minimum absolute atomic E-state index is 0.218. The topological polar surface area (TPSA) is 18.5 Å². The van der Waals surface area contributed by atoms with Crippen molar-refractivity contribution >= 4 is 6.08 Å². The molecule has 0 amide bonds. The Bertz CT molecular complexity index is 492. The third kappa shape index (κ3) is 2.67. The number of alkyl halides is 3. The number of benzene rings is 1. The Hall–Kier alpha value is -1.33. The van der Waals surface area contributed by atoms with E-state index in [-0.39, 0.29) is 6.61 Å². The van der Waals surface area contributed by atoms with Crippen molar-refractivity contribution < 1.29 is 22.6 Å². The van der Waals surface area contributed by atoms with Gasteiger partial charge in [0.1, 0.15) is 0 Å². The van der Waals surface area contributed by atoms with Crippen molar-refractivity contribution in [3.05, 3.63) is 40.5 Å². The Morgan fingerprint density at radius 1 is 1.16 bits per heavy atom. The first-order chi connectivity index (χ1) is 8.99. The zero-order chi connectivity index (χ0) is 14.0. The fourth-order valence-corrected chi connectivity index (χ4v) is 2.50. The molecule has 1 aliphatic carbocycles. The van der Waals surface area contributed by atoms with Crippen LogP contribution >= 0.6 is 0 Å². The van der Waals surface area contributed by atoms with Crippen molar-refractivity contribution in [1.29, 1.82) is 0 Å². The molecule has 0 N–H and O–H groups in total. The van der Waals surface area contributed by atoms with Crippen LogP contribution in [0.3, 0.4) is 0 Å². The van der Waals surface area contributed by atoms with Gasteiger partial charge in [-0.3, -0.25) is 0 Å². The fraction of sp³-hybridized carbons (Fsp3) is 0.429. The van der Waals surface area contributed by atoms with Crippen LogP contribution in [-0.2, 0) is 15.7 Å². The SMILES string of the molecule is COCC1=Cc2cccc(C(F)(F)F)c2C1COC. The molecule has 0 saturated heterocycles. The van der Waals surface area contributed by atoms with E-state index in [1.807, 2.05) is 0 Å². The zero-order valence-corrected chi connectivity index (χ0v) is 10.8. The molecule has 1 unspecified atom stereocenters. The molecule has 0 aromatic heterocycles. The maximum absolute atomic E-state index is 13.1. The third-order valence-electron chi connectivity index (χ3n) is 3.23. The van der Waals surface area contributed by atoms with Gasteiger partial charge >= 0.3 is 6.18 Å². The molecule has 0 heterocycles. The average Bonchev–Trinajstić information content (AvgIpc) is 2.67. The molecule has 0 radical (unpaired) electrons. The molecule has 1 aromatic rings. The van der Waals surface area contributed by atoms with Crippen LogP contribution in [0.1, 0.15) is 22.6 Å². The lowest BCUT2D eigenvalue weighted by Crippen LogP contribution is -2.16. The summed E-state index contributed by atoms with van der Waals surface area (Å²) in [6.45, 7) is 0.523. The van der Waals surface area contributed by atoms with Crippen LogP contribution in [0.5, 0.6) is 0 Å². The number of methoxy groups -OCH3 is 2. The predicted octanol–water partition coefficient (Wildman–Crippen LogP) is 3.48. The van der Waals surface area contributed by atoms with Gasteiger partial charge in [0.2, 0.25) is 0 Å². The van der Waals surface area contributed by atoms with Gasteiger partial charge in [0.25, 0.3) is 0 Å². The predicted molar refractivity (Wildman–Crippen MR) is 65.9 cm³/mol. The van der Waals surface area contributed by atoms with Gasteiger partial charge in [-0.2, -0.15) is 13.2 Å². The Balaban J connectivity index is 2.49. The molecule has 0 fully saturated rings. The second-order valence-electron chi connectivity index (χ2n) is 4.47. The molecule has 104 valence electrons. The van der Waals surface area contributed by atoms with Gasteiger partial charge in [-0.25, -0.2) is 0 Å². The van der Waals surface area contributed by atoms with Gasteiger partial charge in [0, 0.05) is 20.1 Å². The molecule has 1 aliphatic rings. The number of fused-ring (bicyclic) bond motifs is 1. The largest absolute Gasteiger partial charge is 0.416 e. The van der Waals surface area contributed by atoms with Crippen LogP contribution < -0.4 is 0 Å². The maximum Gasteiger partial charge on any atom is 0.416 e. The number of hydrogen-bond acceptors (Lipinski definition) is 2. The molecule has 0 bridgehead atoms. The van der Waals surface area contributed by atoms with Crippen LogP contribution in [0.2, 0.25) is 0 Å². The lowest BCUT2D eigenvalue weighted by Gasteiger charge is -2.20. The lowest BCUT2D eigenvalue weighted by molar-refractivity contribution is -0.138. The monoisotopic (exact) mass is 272 g/mol. The van der Waals surface area contributed by atoms with E-state index in [1.54, 1.807) is 12.1 Å². The van der Waals surface area contributed by atoms with Crippen molar-refractivity contribution in [2.45, 2.75) is 12.1 Å². The van der Waals surface area contributed by atoms with Gasteiger partial charge in [-0.05, 0) is 22.8 Å². The summed E-state index contributed by atoms with van der Waals surface area (Å²) in [4.78, 5) is 0. The first kappa shape index (κ1) is 14.1. The van der Waals surface area contributed by atoms with Crippen LogP contribution in [0.4, 0.5) is 13.2 Å². The minimum Gasteiger partial charge on any atom is -0.384 e. The Morgan fingerprint density at radius 2 is 1.89 bits per heavy atom. The van der Waals surface area contributed by atoms with Gasteiger partial charge in [-0.15, -0.1) is 0 Å². The molecular weight excluding hydrogens is 257 g/mol. The van der Waals surface area contributed by atoms with E-state index < -0.39 is 17.7 Å². The summed E-state index contributed by atoms with van der Waals surface area (Å²) in [6, 6.07) is 4.23. The Morgan fingerprint density at radius 3 is 2.47 bits per heavy atom. The van der Waals surface area contributed by atoms with E-state index in [1.165, 1.54) is 20.3 Å². The van der Waals surface area contributed by atoms with Gasteiger partial charge in [-0.1, -0.05) is 18.2 Å². The van der Waals surface area contributed by atoms with Crippen LogP contribution in [0, 0.1) is 0 Å². The van der Waals surface area contributed by atoms with Crippen molar-refractivity contribution in [2.24, 2.45) is 0 Å². The second-order valence-corrected chi connectivity index (χ2v) is 4.47. The molecule has 0 saturated carbocycles. The quantitative estimate of drug-likeness (QED) is 0.835. The highest BCUT2D eigenvalue weighted by atomic mass is 19.4. The summed E-state index contributed by atoms with van der Waals surface area (Å²) in [6.07, 6.45) is -2.59. The minimum atomic E-state index is -4.35. The lowest BCUT2D eigenvalue weighted by atomic mass is 9.92. The molecule has 1 aromatic carbocycles. The van der Waals surface area contributed by atoms with E-state index in [9.17, 15) is 13.2 Å². The van der Waals surface area contributed by atoms with Gasteiger partial charge in [0.15, 0.2) is 0 Å². The summed E-state index contributed by atoms with van der Waals surface area (Å²) in [7, 11) is 3.01. The van der Waals surface area contributed by atoms with Crippen LogP contribution in [0.25, 0.3) is 6.08 Å². The highest BCUT2D eigenvalue weighted by Gasteiger charge is 2.38. The van der Waals surface area contributed by atoms with Crippen LogP contribution in [0.15, 0.2) is 23.8 Å². The Labute approximate surface area is 109 Å². The van der Waals surface area contributed by atoms with E-state index in [2.05, 4.69) is 0 Å². The van der Waals surface area contributed by atoms with Crippen molar-refractivity contribution in [3.8, 4) is 0 Å². The number of rotatable bonds is 4. The average molecular weight is 272 g/mol. The fourth-order valence-electron chi connectivity index (χ4n) is 2.50. The maximum atomic E-state index is 13.1. The summed E-state index contributed by atoms with van der Waals surface area (Å²) in [5.41, 5.74) is 1.12. The summed E-state index contributed by atoms with van der Waals surface area (Å²) >= 11 is 0. The smallest absolute Gasteiger partial charge is 0.384 e. The zero-order valence-electron chi connectivity index (χ0n) is 10.8. The highest BCUT2D eigenvalue weighted by Crippen LogP contribution is 2.44. The Kier molecular flexibility index (Phi) is 3.96. The van der Waals surface area contributed by atoms with Crippen molar-refractivity contribution in [1.82, 2.24) is 0 Å². The van der Waals surface area contributed by atoms with E-state index >= 15 is 0 Å². The first-order valence-electron chi connectivity index (χ1n) is 5.87.